The van der Waals surface area contributed by atoms with Gasteiger partial charge in [0.15, 0.2) is 17.5 Å². The van der Waals surface area contributed by atoms with Crippen LogP contribution in [-0.2, 0) is 33.2 Å². The Morgan fingerprint density at radius 1 is 0.857 bits per heavy atom. The predicted molar refractivity (Wildman–Crippen MR) is 361 cm³/mol. The van der Waals surface area contributed by atoms with E-state index in [0.717, 1.165) is 110 Å². The first-order valence-corrected chi connectivity index (χ1v) is 36.3. The number of aromatic amines is 2. The maximum absolute atomic E-state index is 15.7. The molecule has 18 nitrogen and oxygen atoms in total. The number of nitrogens with zero attached hydrogens (tertiary/aromatic N) is 2. The second-order valence-corrected chi connectivity index (χ2v) is 33.1. The van der Waals surface area contributed by atoms with Crippen LogP contribution in [0.15, 0.2) is 78.3 Å². The van der Waals surface area contributed by atoms with Gasteiger partial charge in [-0.2, -0.15) is 0 Å². The van der Waals surface area contributed by atoms with Crippen LogP contribution in [-0.4, -0.2) is 123 Å². The third-order valence-electron chi connectivity index (χ3n) is 29.0. The van der Waals surface area contributed by atoms with Gasteiger partial charge < -0.3 is 61.1 Å². The molecule has 12 N–H and O–H groups in total. The fraction of sp³-hybridized carbons (Fsp3) is 0.512. The minimum Gasteiger partial charge on any atom is -0.507 e. The number of hydrogen-bond acceptors (Lipinski definition) is 16. The maximum atomic E-state index is 15.7. The lowest BCUT2D eigenvalue weighted by molar-refractivity contribution is -0.366. The van der Waals surface area contributed by atoms with Crippen LogP contribution in [0.25, 0.3) is 22.4 Å². The lowest BCUT2D eigenvalue weighted by Crippen LogP contribution is -2.79. The number of aryl methyl sites for hydroxylation is 1. The van der Waals surface area contributed by atoms with E-state index in [1.807, 2.05) is 6.33 Å². The second-order valence-electron chi connectivity index (χ2n) is 33.1. The number of ketones is 3. The average molecular weight is 1320 g/mol. The van der Waals surface area contributed by atoms with Crippen LogP contribution in [0.5, 0.6) is 11.5 Å². The number of anilines is 1. The Balaban J connectivity index is 0.847. The number of nitrogens with two attached hydrogens (primary N) is 1. The quantitative estimate of drug-likeness (QED) is 0.0720. The number of aromatic nitrogens is 4. The zero-order valence-corrected chi connectivity index (χ0v) is 55.0. The van der Waals surface area contributed by atoms with E-state index in [1.54, 1.807) is 37.4 Å². The van der Waals surface area contributed by atoms with Gasteiger partial charge in [0, 0.05) is 105 Å². The van der Waals surface area contributed by atoms with Crippen LogP contribution in [0.1, 0.15) is 216 Å². The van der Waals surface area contributed by atoms with Crippen molar-refractivity contribution in [3.05, 3.63) is 157 Å². The predicted octanol–water partition coefficient (Wildman–Crippen LogP) is 9.03. The highest BCUT2D eigenvalue weighted by Gasteiger charge is 2.78. The van der Waals surface area contributed by atoms with Crippen LogP contribution in [0.4, 0.5) is 5.82 Å². The standard InChI is InChI=1S/C80H81N7O11/c1-38-26-49-55(52(89)27-38)63(92)58-53-31-48-46(56(58)62(49)91)14-25-83-71(48)84-35-54(90)77-21-10-40-6-4-17-75-18-5-7-42-32-76(20-11-44(88)30-43(76)29-39-8-9-45-41(28-39)13-24-82-70(45)81)66-67(86-37-85-66)79(42,75)65-47(12-19-75)57(59(40)77)61(87-65)50-33-78(97-53)68(94)64(93)69(95)80(98-78)60(50)51(77)34-74(72(80)96)23-22-73(36-74)15-2-3-16-73/h8-9,12,14,19,25-28,31,33,37,40,42-43,54,59,64,68-70,72,82,87,89-90,93-96H,2-3,5,7,10-11,13,15-18,20-24,29-30,32,34-36,81H2,1H3,(H,83,84)(H,85,86)/t40-,42-,43+,54-,59+,64+,68+,69-,70+,72+,74-,75-,76-,77-,78+,79+,80-/m0/s1. The van der Waals surface area contributed by atoms with Crippen molar-refractivity contribution in [2.24, 2.45) is 45.1 Å². The van der Waals surface area contributed by atoms with E-state index >= 15 is 9.59 Å². The first kappa shape index (κ1) is 59.3. The second kappa shape index (κ2) is 19.5. The number of aliphatic hydroxyl groups excluding tert-OH is 5. The van der Waals surface area contributed by atoms with Crippen molar-refractivity contribution in [2.75, 3.05) is 18.4 Å². The lowest BCUT2D eigenvalue weighted by Gasteiger charge is -2.64. The molecule has 3 aromatic heterocycles. The van der Waals surface area contributed by atoms with Gasteiger partial charge in [0.2, 0.25) is 5.78 Å². The molecule has 5 aliphatic heterocycles. The molecule has 1 saturated heterocycles. The highest BCUT2D eigenvalue weighted by Crippen LogP contribution is 2.77. The number of allylic oxidation sites excluding steroid dienone is 1. The Labute approximate surface area is 566 Å². The molecule has 0 unspecified atom stereocenters. The molecule has 12 aliphatic carbocycles. The third kappa shape index (κ3) is 6.97. The fourth-order valence-corrected chi connectivity index (χ4v) is 25.2. The number of H-pyrrole nitrogens is 2. The summed E-state index contributed by atoms with van der Waals surface area (Å²) in [6.07, 6.45) is 15.3. The number of fused-ring (bicyclic) bond motifs is 9. The van der Waals surface area contributed by atoms with Crippen LogP contribution in [0, 0.1) is 58.2 Å². The average Bonchev–Trinajstić information content (AvgIpc) is 1.39. The Hall–Kier alpha value is -7.57. The number of benzene rings is 3. The smallest absolute Gasteiger partial charge is 0.261 e. The summed E-state index contributed by atoms with van der Waals surface area (Å²) >= 11 is 0. The van der Waals surface area contributed by atoms with Crippen molar-refractivity contribution in [3.63, 3.8) is 0 Å². The van der Waals surface area contributed by atoms with Gasteiger partial charge in [-0.1, -0.05) is 61.1 Å². The van der Waals surface area contributed by atoms with E-state index in [9.17, 15) is 35.4 Å². The number of carbonyl (C=O) groups is 3. The summed E-state index contributed by atoms with van der Waals surface area (Å²) in [5.74, 6) is 3.15. The summed E-state index contributed by atoms with van der Waals surface area (Å²) in [4.78, 5) is 64.1. The first-order chi connectivity index (χ1) is 47.3. The topological polar surface area (TPSA) is 298 Å². The van der Waals surface area contributed by atoms with Crippen molar-refractivity contribution in [3.8, 4) is 23.3 Å². The number of phenols is 1. The number of aliphatic hydroxyl groups is 5. The number of pyridine rings is 1. The van der Waals surface area contributed by atoms with Crippen LogP contribution in [0.2, 0.25) is 0 Å². The summed E-state index contributed by atoms with van der Waals surface area (Å²) in [6, 6.07) is 12.9. The summed E-state index contributed by atoms with van der Waals surface area (Å²) in [5.41, 5.74) is 11.0. The monoisotopic (exact) mass is 1320 g/mol. The molecule has 6 fully saturated rings. The van der Waals surface area contributed by atoms with E-state index in [1.165, 1.54) is 17.2 Å². The van der Waals surface area contributed by atoms with E-state index in [-0.39, 0.29) is 75.5 Å². The Kier molecular flexibility index (Phi) is 11.8. The number of hydrogen-bond donors (Lipinski definition) is 11. The molecular formula is C80H81N7O11. The Morgan fingerprint density at radius 2 is 1.72 bits per heavy atom. The number of rotatable bonds is 2. The van der Waals surface area contributed by atoms with Gasteiger partial charge in [-0.25, -0.2) is 9.97 Å². The number of nitrogens with one attached hydrogen (secondary N) is 4. The molecule has 17 aliphatic rings. The van der Waals surface area contributed by atoms with Gasteiger partial charge in [-0.3, -0.25) is 19.7 Å². The molecule has 8 spiro atoms. The zero-order chi connectivity index (χ0) is 66.3. The summed E-state index contributed by atoms with van der Waals surface area (Å²) in [6.45, 7) is 2.46. The molecule has 3 aromatic carbocycles. The van der Waals surface area contributed by atoms with Crippen LogP contribution < -0.4 is 21.1 Å². The zero-order valence-electron chi connectivity index (χ0n) is 55.0. The summed E-state index contributed by atoms with van der Waals surface area (Å²) in [5, 5.41) is 88.9. The number of ether oxygens (including phenoxy) is 2. The van der Waals surface area contributed by atoms with E-state index < -0.39 is 92.2 Å². The third-order valence-corrected chi connectivity index (χ3v) is 29.0. The molecule has 0 radical (unpaired) electrons. The van der Waals surface area contributed by atoms with Gasteiger partial charge in [-0.15, -0.1) is 5.92 Å². The lowest BCUT2D eigenvalue weighted by atomic mass is 9.39. The normalized spacial score (nSPS) is 39.5. The van der Waals surface area contributed by atoms with Gasteiger partial charge >= 0.3 is 0 Å². The Bertz CT molecular complexity index is 4850. The van der Waals surface area contributed by atoms with E-state index in [2.05, 4.69) is 62.8 Å². The largest absolute Gasteiger partial charge is 0.507 e. The molecule has 0 amide bonds. The van der Waals surface area contributed by atoms with Crippen molar-refractivity contribution < 1.29 is 54.5 Å². The maximum Gasteiger partial charge on any atom is 0.261 e. The van der Waals surface area contributed by atoms with Gasteiger partial charge in [0.1, 0.15) is 35.3 Å². The number of carbonyl (C=O) groups excluding carboxylic acids is 3. The fourth-order valence-electron chi connectivity index (χ4n) is 25.2. The molecular weight excluding hydrogens is 1230 g/mol. The van der Waals surface area contributed by atoms with E-state index in [0.29, 0.717) is 97.4 Å². The molecule has 12 bridgehead atoms. The van der Waals surface area contributed by atoms with Crippen molar-refractivity contribution in [1.82, 2.24) is 25.3 Å². The summed E-state index contributed by atoms with van der Waals surface area (Å²) < 4.78 is 15.3. The number of Topliss-reactive ketones (excluding diaryl/α,β-unsaturated/α-hetero) is 1. The van der Waals surface area contributed by atoms with Crippen molar-refractivity contribution in [1.29, 1.82) is 0 Å². The minimum atomic E-state index is -2.55. The number of aromatic hydroxyl groups is 1. The molecule has 6 aromatic rings. The van der Waals surface area contributed by atoms with Crippen LogP contribution >= 0.6 is 0 Å². The van der Waals surface area contributed by atoms with E-state index in [4.69, 9.17) is 25.2 Å². The molecule has 502 valence electrons. The number of phenolic OH excluding ortho intramolecular Hbond substituents is 1. The highest BCUT2D eigenvalue weighted by atomic mass is 16.7. The molecule has 17 atom stereocenters. The van der Waals surface area contributed by atoms with Gasteiger partial charge in [0.25, 0.3) is 5.79 Å². The highest BCUT2D eigenvalue weighted by molar-refractivity contribution is 6.34. The van der Waals surface area contributed by atoms with Crippen molar-refractivity contribution in [2.45, 2.75) is 200 Å². The first-order valence-electron chi connectivity index (χ1n) is 36.3. The van der Waals surface area contributed by atoms with Gasteiger partial charge in [0.05, 0.1) is 58.3 Å². The molecule has 23 rings (SSSR count). The van der Waals surface area contributed by atoms with Crippen molar-refractivity contribution >= 4 is 45.6 Å². The summed E-state index contributed by atoms with van der Waals surface area (Å²) in [7, 11) is 0. The minimum absolute atomic E-state index is 0.00117. The Morgan fingerprint density at radius 3 is 2.59 bits per heavy atom. The molecule has 8 heterocycles. The molecule has 18 heteroatoms. The molecule has 5 saturated carbocycles. The van der Waals surface area contributed by atoms with Gasteiger partial charge in [-0.05, 0) is 183 Å². The number of imidazole rings is 1. The van der Waals surface area contributed by atoms with Crippen LogP contribution in [0.3, 0.4) is 0 Å². The SMILES string of the molecule is Cc1cc(O)c2c(c1)C(=O)c1c(c3cc4c(nccc14)NC[C@H](O)[C@@]14CC[C@@H]5C#CC[C@]67C=Cc8c([nH]c(c8[C@@H]51)C1=C[C@@]5(O3)O[C@@]3(C1=C4C[C@]1(CCC4(CCCC4)C1)[C@H]3O)[C@@H](O)[C@H](O)[C@H]5O)[C@]61c3[nH]cnc3[C@@]3(CCC(=O)C[C@H]3Cc3ccc4c(c3)CCN[C@H]4N)C[C@@H]1CCC7)C2=O. The molecule has 98 heavy (non-hydrogen) atoms.